The van der Waals surface area contributed by atoms with Gasteiger partial charge in [0.25, 0.3) is 0 Å². The molecule has 3 aromatic rings. The average molecular weight is 243 g/mol. The number of benzene rings is 1. The standard InChI is InChI=1S/C13H9NO2S/c14-9-3-4-11-8(6-9)7-10(13(15)16-11)12-2-1-5-17-12/h1-7H,14H2. The molecule has 0 spiro atoms. The zero-order valence-corrected chi connectivity index (χ0v) is 9.66. The van der Waals surface area contributed by atoms with Gasteiger partial charge in [-0.15, -0.1) is 11.3 Å². The first-order valence-corrected chi connectivity index (χ1v) is 5.99. The molecule has 0 saturated heterocycles. The molecule has 0 atom stereocenters. The van der Waals surface area contributed by atoms with E-state index in [0.29, 0.717) is 16.8 Å². The van der Waals surface area contributed by atoms with Crippen LogP contribution in [-0.2, 0) is 0 Å². The zero-order valence-electron chi connectivity index (χ0n) is 8.84. The van der Waals surface area contributed by atoms with Gasteiger partial charge in [-0.2, -0.15) is 0 Å². The van der Waals surface area contributed by atoms with Crippen LogP contribution in [0.5, 0.6) is 0 Å². The summed E-state index contributed by atoms with van der Waals surface area (Å²) in [5.41, 5.74) is 7.20. The van der Waals surface area contributed by atoms with E-state index < -0.39 is 0 Å². The van der Waals surface area contributed by atoms with Crippen LogP contribution >= 0.6 is 11.3 Å². The Hall–Kier alpha value is -2.07. The van der Waals surface area contributed by atoms with Crippen LogP contribution in [0.25, 0.3) is 21.4 Å². The molecule has 0 fully saturated rings. The van der Waals surface area contributed by atoms with Crippen molar-refractivity contribution in [2.45, 2.75) is 0 Å². The molecule has 0 aliphatic carbocycles. The van der Waals surface area contributed by atoms with Crippen molar-refractivity contribution in [3.05, 3.63) is 52.2 Å². The highest BCUT2D eigenvalue weighted by atomic mass is 32.1. The van der Waals surface area contributed by atoms with Crippen LogP contribution in [0.4, 0.5) is 5.69 Å². The van der Waals surface area contributed by atoms with Crippen LogP contribution in [0.2, 0.25) is 0 Å². The molecular formula is C13H9NO2S. The smallest absolute Gasteiger partial charge is 0.345 e. The van der Waals surface area contributed by atoms with Gasteiger partial charge in [0.05, 0.1) is 5.56 Å². The van der Waals surface area contributed by atoms with E-state index >= 15 is 0 Å². The maximum absolute atomic E-state index is 11.8. The van der Waals surface area contributed by atoms with Crippen LogP contribution in [-0.4, -0.2) is 0 Å². The maximum Gasteiger partial charge on any atom is 0.345 e. The summed E-state index contributed by atoms with van der Waals surface area (Å²) in [5.74, 6) is 0. The van der Waals surface area contributed by atoms with Crippen LogP contribution in [0.3, 0.4) is 0 Å². The normalized spacial score (nSPS) is 10.8. The summed E-state index contributed by atoms with van der Waals surface area (Å²) < 4.78 is 5.27. The second kappa shape index (κ2) is 3.75. The van der Waals surface area contributed by atoms with Crippen molar-refractivity contribution >= 4 is 28.0 Å². The van der Waals surface area contributed by atoms with Gasteiger partial charge in [-0.25, -0.2) is 4.79 Å². The summed E-state index contributed by atoms with van der Waals surface area (Å²) in [5, 5.41) is 2.77. The Morgan fingerprint density at radius 2 is 2.06 bits per heavy atom. The van der Waals surface area contributed by atoms with E-state index in [1.165, 1.54) is 11.3 Å². The minimum absolute atomic E-state index is 0.315. The topological polar surface area (TPSA) is 56.2 Å². The lowest BCUT2D eigenvalue weighted by Crippen LogP contribution is -2.01. The Morgan fingerprint density at radius 1 is 1.18 bits per heavy atom. The second-order valence-electron chi connectivity index (χ2n) is 3.72. The average Bonchev–Trinajstić information content (AvgIpc) is 2.82. The highest BCUT2D eigenvalue weighted by Crippen LogP contribution is 2.25. The van der Waals surface area contributed by atoms with E-state index in [1.54, 1.807) is 18.2 Å². The monoisotopic (exact) mass is 243 g/mol. The van der Waals surface area contributed by atoms with E-state index in [4.69, 9.17) is 10.2 Å². The first-order valence-electron chi connectivity index (χ1n) is 5.11. The number of fused-ring (bicyclic) bond motifs is 1. The first-order chi connectivity index (χ1) is 8.24. The van der Waals surface area contributed by atoms with Crippen molar-refractivity contribution in [3.8, 4) is 10.4 Å². The molecule has 3 rings (SSSR count). The van der Waals surface area contributed by atoms with E-state index in [-0.39, 0.29) is 5.63 Å². The molecule has 0 saturated carbocycles. The summed E-state index contributed by atoms with van der Waals surface area (Å²) in [6.07, 6.45) is 0. The molecule has 0 unspecified atom stereocenters. The summed E-state index contributed by atoms with van der Waals surface area (Å²) in [6, 6.07) is 10.9. The fourth-order valence-electron chi connectivity index (χ4n) is 1.75. The largest absolute Gasteiger partial charge is 0.422 e. The summed E-state index contributed by atoms with van der Waals surface area (Å²) in [4.78, 5) is 12.7. The minimum atomic E-state index is -0.315. The molecule has 2 aromatic heterocycles. The summed E-state index contributed by atoms with van der Waals surface area (Å²) in [6.45, 7) is 0. The predicted molar refractivity (Wildman–Crippen MR) is 70.2 cm³/mol. The molecule has 2 heterocycles. The Balaban J connectivity index is 2.33. The Labute approximate surface area is 101 Å². The van der Waals surface area contributed by atoms with Gasteiger partial charge in [0, 0.05) is 16.0 Å². The highest BCUT2D eigenvalue weighted by Gasteiger charge is 2.08. The van der Waals surface area contributed by atoms with Gasteiger partial charge in [-0.3, -0.25) is 0 Å². The SMILES string of the molecule is Nc1ccc2oc(=O)c(-c3cccs3)cc2c1. The van der Waals surface area contributed by atoms with Crippen molar-refractivity contribution in [1.29, 1.82) is 0 Å². The lowest BCUT2D eigenvalue weighted by Gasteiger charge is -2.01. The molecule has 0 radical (unpaired) electrons. The molecule has 3 nitrogen and oxygen atoms in total. The molecular weight excluding hydrogens is 234 g/mol. The lowest BCUT2D eigenvalue weighted by atomic mass is 10.1. The Bertz CT molecular complexity index is 729. The third-order valence-corrected chi connectivity index (χ3v) is 3.45. The molecule has 2 N–H and O–H groups in total. The minimum Gasteiger partial charge on any atom is -0.422 e. The van der Waals surface area contributed by atoms with Gasteiger partial charge >= 0.3 is 5.63 Å². The first kappa shape index (κ1) is 10.1. The van der Waals surface area contributed by atoms with Gasteiger partial charge in [-0.1, -0.05) is 6.07 Å². The number of nitrogen functional groups attached to an aromatic ring is 1. The molecule has 4 heteroatoms. The number of thiophene rings is 1. The number of nitrogens with two attached hydrogens (primary N) is 1. The lowest BCUT2D eigenvalue weighted by molar-refractivity contribution is 0.564. The van der Waals surface area contributed by atoms with Gasteiger partial charge in [0.1, 0.15) is 5.58 Å². The summed E-state index contributed by atoms with van der Waals surface area (Å²) >= 11 is 1.51. The second-order valence-corrected chi connectivity index (χ2v) is 4.67. The quantitative estimate of drug-likeness (QED) is 0.527. The van der Waals surface area contributed by atoms with Crippen molar-refractivity contribution in [2.75, 3.05) is 5.73 Å². The van der Waals surface area contributed by atoms with Crippen LogP contribution in [0, 0.1) is 0 Å². The maximum atomic E-state index is 11.8. The molecule has 0 amide bonds. The van der Waals surface area contributed by atoms with E-state index in [0.717, 1.165) is 10.3 Å². The van der Waals surface area contributed by atoms with Gasteiger partial charge in [-0.05, 0) is 35.7 Å². The van der Waals surface area contributed by atoms with E-state index in [2.05, 4.69) is 0 Å². The molecule has 0 aliphatic rings. The number of rotatable bonds is 1. The third kappa shape index (κ3) is 1.72. The highest BCUT2D eigenvalue weighted by molar-refractivity contribution is 7.13. The van der Waals surface area contributed by atoms with E-state index in [1.807, 2.05) is 23.6 Å². The molecule has 17 heavy (non-hydrogen) atoms. The summed E-state index contributed by atoms with van der Waals surface area (Å²) in [7, 11) is 0. The van der Waals surface area contributed by atoms with Crippen molar-refractivity contribution in [2.24, 2.45) is 0 Å². The molecule has 0 aliphatic heterocycles. The fourth-order valence-corrected chi connectivity index (χ4v) is 2.48. The van der Waals surface area contributed by atoms with Gasteiger partial charge in [0.2, 0.25) is 0 Å². The van der Waals surface area contributed by atoms with Crippen LogP contribution < -0.4 is 11.4 Å². The number of anilines is 1. The number of hydrogen-bond donors (Lipinski definition) is 1. The van der Waals surface area contributed by atoms with Crippen molar-refractivity contribution in [3.63, 3.8) is 0 Å². The fraction of sp³-hybridized carbons (Fsp3) is 0. The van der Waals surface area contributed by atoms with Crippen molar-refractivity contribution in [1.82, 2.24) is 0 Å². The van der Waals surface area contributed by atoms with Gasteiger partial charge < -0.3 is 10.2 Å². The van der Waals surface area contributed by atoms with Crippen LogP contribution in [0.1, 0.15) is 0 Å². The van der Waals surface area contributed by atoms with Crippen molar-refractivity contribution < 1.29 is 4.42 Å². The molecule has 84 valence electrons. The van der Waals surface area contributed by atoms with Crippen LogP contribution in [0.15, 0.2) is 51.0 Å². The Morgan fingerprint density at radius 3 is 2.82 bits per heavy atom. The van der Waals surface area contributed by atoms with Gasteiger partial charge in [0.15, 0.2) is 0 Å². The predicted octanol–water partition coefficient (Wildman–Crippen LogP) is 3.10. The molecule has 0 bridgehead atoms. The zero-order chi connectivity index (χ0) is 11.8. The molecule has 1 aromatic carbocycles. The number of hydrogen-bond acceptors (Lipinski definition) is 4. The van der Waals surface area contributed by atoms with E-state index in [9.17, 15) is 4.79 Å². The Kier molecular flexibility index (Phi) is 2.23. The third-order valence-electron chi connectivity index (χ3n) is 2.54.